The Kier molecular flexibility index (Phi) is 4.80. The van der Waals surface area contributed by atoms with Gasteiger partial charge in [0.05, 0.1) is 15.9 Å². The maximum atomic E-state index is 11.8. The molecule has 0 saturated carbocycles. The monoisotopic (exact) mass is 334 g/mol. The molecule has 0 aliphatic rings. The largest absolute Gasteiger partial charge is 0.493 e. The van der Waals surface area contributed by atoms with Crippen molar-refractivity contribution in [1.29, 1.82) is 0 Å². The first-order valence-corrected chi connectivity index (χ1v) is 6.38. The van der Waals surface area contributed by atoms with Gasteiger partial charge in [0.1, 0.15) is 5.75 Å². The molecule has 82 valence electrons. The first-order chi connectivity index (χ1) is 7.07. The van der Waals surface area contributed by atoms with Gasteiger partial charge in [-0.2, -0.15) is 0 Å². The van der Waals surface area contributed by atoms with Crippen LogP contribution in [0.5, 0.6) is 5.75 Å². The predicted octanol–water partition coefficient (Wildman–Crippen LogP) is 3.81. The average Bonchev–Trinajstić information content (AvgIpc) is 2.20. The number of alkyl halides is 1. The van der Waals surface area contributed by atoms with E-state index in [4.69, 9.17) is 4.74 Å². The number of ketones is 1. The number of benzene rings is 1. The summed E-state index contributed by atoms with van der Waals surface area (Å²) in [6, 6.07) is 5.44. The van der Waals surface area contributed by atoms with Gasteiger partial charge in [-0.15, -0.1) is 0 Å². The minimum Gasteiger partial charge on any atom is -0.493 e. The Hall–Kier alpha value is -0.350. The maximum absolute atomic E-state index is 11.8. The Labute approximate surface area is 106 Å². The molecule has 4 heteroatoms. The number of ether oxygens (including phenoxy) is 1. The molecule has 2 nitrogen and oxygen atoms in total. The van der Waals surface area contributed by atoms with Crippen molar-refractivity contribution < 1.29 is 9.53 Å². The molecule has 0 N–H and O–H groups in total. The predicted molar refractivity (Wildman–Crippen MR) is 68.0 cm³/mol. The van der Waals surface area contributed by atoms with Crippen LogP contribution in [0, 0.1) is 0 Å². The summed E-state index contributed by atoms with van der Waals surface area (Å²) in [4.78, 5) is 11.6. The van der Waals surface area contributed by atoms with Crippen molar-refractivity contribution in [1.82, 2.24) is 0 Å². The highest BCUT2D eigenvalue weighted by atomic mass is 79.9. The molecule has 0 fully saturated rings. The third-order valence-electron chi connectivity index (χ3n) is 1.89. The highest BCUT2D eigenvalue weighted by Gasteiger charge is 2.17. The highest BCUT2D eigenvalue weighted by Crippen LogP contribution is 2.30. The molecule has 15 heavy (non-hydrogen) atoms. The molecule has 0 heterocycles. The third kappa shape index (κ3) is 3.05. The molecule has 0 saturated heterocycles. The van der Waals surface area contributed by atoms with Crippen LogP contribution in [0.3, 0.4) is 0 Å². The van der Waals surface area contributed by atoms with Crippen molar-refractivity contribution in [3.8, 4) is 5.75 Å². The SMILES string of the molecule is CCOc1cccc(C(=O)C(C)Br)c1Br. The molecular formula is C11H12Br2O2. The number of halogens is 2. The van der Waals surface area contributed by atoms with E-state index in [9.17, 15) is 4.79 Å². The van der Waals surface area contributed by atoms with Crippen molar-refractivity contribution in [2.24, 2.45) is 0 Å². The Morgan fingerprint density at radius 3 is 2.73 bits per heavy atom. The molecule has 1 aromatic rings. The van der Waals surface area contributed by atoms with Gasteiger partial charge in [-0.1, -0.05) is 22.0 Å². The second-order valence-electron chi connectivity index (χ2n) is 3.03. The molecular weight excluding hydrogens is 324 g/mol. The third-order valence-corrected chi connectivity index (χ3v) is 3.12. The van der Waals surface area contributed by atoms with E-state index >= 15 is 0 Å². The van der Waals surface area contributed by atoms with E-state index in [0.29, 0.717) is 17.9 Å². The summed E-state index contributed by atoms with van der Waals surface area (Å²) in [5.41, 5.74) is 0.644. The minimum absolute atomic E-state index is 0.0448. The molecule has 0 amide bonds. The molecule has 1 atom stereocenters. The number of hydrogen-bond donors (Lipinski definition) is 0. The summed E-state index contributed by atoms with van der Waals surface area (Å²) in [7, 11) is 0. The van der Waals surface area contributed by atoms with Crippen LogP contribution in [-0.2, 0) is 0 Å². The van der Waals surface area contributed by atoms with E-state index in [-0.39, 0.29) is 10.6 Å². The summed E-state index contributed by atoms with van der Waals surface area (Å²) in [6.45, 7) is 4.30. The number of carbonyl (C=O) groups is 1. The van der Waals surface area contributed by atoms with Gasteiger partial charge in [-0.25, -0.2) is 0 Å². The Morgan fingerprint density at radius 2 is 2.20 bits per heavy atom. The lowest BCUT2D eigenvalue weighted by atomic mass is 10.1. The number of hydrogen-bond acceptors (Lipinski definition) is 2. The molecule has 0 aliphatic carbocycles. The van der Waals surface area contributed by atoms with Gasteiger partial charge in [0.25, 0.3) is 0 Å². The summed E-state index contributed by atoms with van der Waals surface area (Å²) in [5, 5.41) is 0. The summed E-state index contributed by atoms with van der Waals surface area (Å²) in [5.74, 6) is 0.750. The zero-order chi connectivity index (χ0) is 11.4. The molecule has 1 aromatic carbocycles. The van der Waals surface area contributed by atoms with Crippen LogP contribution in [0.25, 0.3) is 0 Å². The second-order valence-corrected chi connectivity index (χ2v) is 5.20. The Balaban J connectivity index is 3.09. The number of carbonyl (C=O) groups excluding carboxylic acids is 1. The lowest BCUT2D eigenvalue weighted by Gasteiger charge is -2.10. The van der Waals surface area contributed by atoms with E-state index in [1.54, 1.807) is 6.07 Å². The molecule has 1 unspecified atom stereocenters. The lowest BCUT2D eigenvalue weighted by Crippen LogP contribution is -2.11. The van der Waals surface area contributed by atoms with Crippen LogP contribution in [0.1, 0.15) is 24.2 Å². The van der Waals surface area contributed by atoms with Crippen LogP contribution in [0.4, 0.5) is 0 Å². The van der Waals surface area contributed by atoms with E-state index in [1.165, 1.54) is 0 Å². The first-order valence-electron chi connectivity index (χ1n) is 4.67. The molecule has 0 radical (unpaired) electrons. The van der Waals surface area contributed by atoms with Gasteiger partial charge in [0, 0.05) is 5.56 Å². The molecule has 0 aliphatic heterocycles. The smallest absolute Gasteiger partial charge is 0.177 e. The minimum atomic E-state index is -0.189. The quantitative estimate of drug-likeness (QED) is 0.617. The van der Waals surface area contributed by atoms with Gasteiger partial charge in [-0.05, 0) is 41.9 Å². The average molecular weight is 336 g/mol. The number of rotatable bonds is 4. The molecule has 0 bridgehead atoms. The van der Waals surface area contributed by atoms with Crippen LogP contribution in [0.15, 0.2) is 22.7 Å². The first kappa shape index (κ1) is 12.7. The fourth-order valence-corrected chi connectivity index (χ4v) is 2.00. The zero-order valence-electron chi connectivity index (χ0n) is 8.59. The van der Waals surface area contributed by atoms with E-state index in [2.05, 4.69) is 31.9 Å². The van der Waals surface area contributed by atoms with Crippen molar-refractivity contribution in [3.05, 3.63) is 28.2 Å². The van der Waals surface area contributed by atoms with E-state index < -0.39 is 0 Å². The van der Waals surface area contributed by atoms with Crippen molar-refractivity contribution in [2.45, 2.75) is 18.7 Å². The van der Waals surface area contributed by atoms with Crippen LogP contribution in [0.2, 0.25) is 0 Å². The van der Waals surface area contributed by atoms with E-state index in [0.717, 1.165) is 4.47 Å². The standard InChI is InChI=1S/C11H12Br2O2/c1-3-15-9-6-4-5-8(10(9)13)11(14)7(2)12/h4-7H,3H2,1-2H3. The maximum Gasteiger partial charge on any atom is 0.177 e. The van der Waals surface area contributed by atoms with Gasteiger partial charge >= 0.3 is 0 Å². The topological polar surface area (TPSA) is 26.3 Å². The van der Waals surface area contributed by atoms with E-state index in [1.807, 2.05) is 26.0 Å². The van der Waals surface area contributed by atoms with Gasteiger partial charge < -0.3 is 4.74 Å². The summed E-state index contributed by atoms with van der Waals surface area (Å²) in [6.07, 6.45) is 0. The van der Waals surface area contributed by atoms with Crippen molar-refractivity contribution in [2.75, 3.05) is 6.61 Å². The lowest BCUT2D eigenvalue weighted by molar-refractivity contribution is 0.0994. The highest BCUT2D eigenvalue weighted by molar-refractivity contribution is 9.10. The Morgan fingerprint density at radius 1 is 1.53 bits per heavy atom. The molecule has 0 aromatic heterocycles. The van der Waals surface area contributed by atoms with Crippen molar-refractivity contribution in [3.63, 3.8) is 0 Å². The second kappa shape index (κ2) is 5.66. The van der Waals surface area contributed by atoms with Gasteiger partial charge in [0.15, 0.2) is 5.78 Å². The zero-order valence-corrected chi connectivity index (χ0v) is 11.8. The summed E-state index contributed by atoms with van der Waals surface area (Å²) < 4.78 is 6.12. The van der Waals surface area contributed by atoms with Crippen LogP contribution >= 0.6 is 31.9 Å². The van der Waals surface area contributed by atoms with Crippen molar-refractivity contribution >= 4 is 37.6 Å². The van der Waals surface area contributed by atoms with Gasteiger partial charge in [0.2, 0.25) is 0 Å². The number of Topliss-reactive ketones (excluding diaryl/α,β-unsaturated/α-hetero) is 1. The molecule has 0 spiro atoms. The van der Waals surface area contributed by atoms with Crippen LogP contribution in [-0.4, -0.2) is 17.2 Å². The fourth-order valence-electron chi connectivity index (χ4n) is 1.18. The normalized spacial score (nSPS) is 12.3. The van der Waals surface area contributed by atoms with Crippen LogP contribution < -0.4 is 4.74 Å². The summed E-state index contributed by atoms with van der Waals surface area (Å²) >= 11 is 6.65. The Bertz CT molecular complexity index is 362. The molecule has 1 rings (SSSR count). The fraction of sp³-hybridized carbons (Fsp3) is 0.364. The van der Waals surface area contributed by atoms with Gasteiger partial charge in [-0.3, -0.25) is 4.79 Å².